The highest BCUT2D eigenvalue weighted by Crippen LogP contribution is 2.38. The Kier molecular flexibility index (Phi) is 3.56. The molecule has 3 heterocycles. The lowest BCUT2D eigenvalue weighted by molar-refractivity contribution is 0.653. The lowest BCUT2D eigenvalue weighted by Gasteiger charge is -2.17. The molecular formula is C34H30N2O. The molecule has 0 saturated heterocycles. The van der Waals surface area contributed by atoms with Gasteiger partial charge < -0.3 is 4.42 Å². The summed E-state index contributed by atoms with van der Waals surface area (Å²) in [6.07, 6.45) is 1.30. The van der Waals surface area contributed by atoms with Crippen molar-refractivity contribution in [1.29, 1.82) is 0 Å². The normalized spacial score (nSPS) is 16.1. The van der Waals surface area contributed by atoms with Crippen LogP contribution in [0.5, 0.6) is 0 Å². The van der Waals surface area contributed by atoms with Gasteiger partial charge in [0.2, 0.25) is 5.71 Å². The fourth-order valence-electron chi connectivity index (χ4n) is 5.04. The molecule has 0 spiro atoms. The number of rotatable bonds is 3. The average molecular weight is 492 g/mol. The first-order valence-corrected chi connectivity index (χ1v) is 12.0. The lowest BCUT2D eigenvalue weighted by Crippen LogP contribution is -1.95. The molecule has 37 heavy (non-hydrogen) atoms. The molecule has 0 fully saturated rings. The molecule has 3 aromatic carbocycles. The number of fused-ring (bicyclic) bond motifs is 3. The van der Waals surface area contributed by atoms with E-state index in [1.54, 1.807) is 30.3 Å². The Balaban J connectivity index is 1.59. The van der Waals surface area contributed by atoms with Crippen molar-refractivity contribution in [3.8, 4) is 33.5 Å². The van der Waals surface area contributed by atoms with Crippen LogP contribution in [0, 0.1) is 41.3 Å². The third-order valence-electron chi connectivity index (χ3n) is 6.87. The summed E-state index contributed by atoms with van der Waals surface area (Å²) < 4.78 is 79.4. The summed E-state index contributed by atoms with van der Waals surface area (Å²) in [5.41, 5.74) is 6.39. The Bertz CT molecular complexity index is 2160. The molecule has 0 aliphatic rings. The zero-order chi connectivity index (χ0) is 33.3. The van der Waals surface area contributed by atoms with Crippen LogP contribution in [0.15, 0.2) is 77.3 Å². The van der Waals surface area contributed by atoms with Crippen LogP contribution < -0.4 is 0 Å². The van der Waals surface area contributed by atoms with Gasteiger partial charge in [-0.15, -0.1) is 0 Å². The largest absolute Gasteiger partial charge is 0.437 e. The SMILES string of the molecule is [2H]C([2H])([2H])c1ccc2c(n1)oc1c(-c3cc(-c4cc(C([2H])([2H])[2H])c(-c5ccc(C)cc5C)cc4C)c(C([2H])([2H])[2H])cn3)cccc12. The topological polar surface area (TPSA) is 38.9 Å². The van der Waals surface area contributed by atoms with E-state index < -0.39 is 20.6 Å². The number of hydrogen-bond donors (Lipinski definition) is 0. The summed E-state index contributed by atoms with van der Waals surface area (Å²) in [6.45, 7) is -1.68. The van der Waals surface area contributed by atoms with Crippen molar-refractivity contribution in [3.05, 3.63) is 106 Å². The Morgan fingerprint density at radius 3 is 2.24 bits per heavy atom. The fourth-order valence-corrected chi connectivity index (χ4v) is 5.04. The number of nitrogens with zero attached hydrogens (tertiary/aromatic N) is 2. The number of pyridine rings is 2. The van der Waals surface area contributed by atoms with Crippen LogP contribution in [0.1, 0.15) is 45.8 Å². The van der Waals surface area contributed by atoms with Gasteiger partial charge in [-0.05, 0) is 110 Å². The van der Waals surface area contributed by atoms with Gasteiger partial charge in [0.1, 0.15) is 5.58 Å². The second-order valence-corrected chi connectivity index (χ2v) is 9.48. The molecule has 0 aliphatic carbocycles. The molecule has 6 aromatic rings. The van der Waals surface area contributed by atoms with Gasteiger partial charge in [0.15, 0.2) is 0 Å². The van der Waals surface area contributed by atoms with E-state index in [2.05, 4.69) is 9.97 Å². The molecule has 6 rings (SSSR count). The van der Waals surface area contributed by atoms with Crippen LogP contribution in [0.25, 0.3) is 55.6 Å². The van der Waals surface area contributed by atoms with Crippen molar-refractivity contribution in [2.45, 2.75) is 41.3 Å². The maximum atomic E-state index is 8.41. The van der Waals surface area contributed by atoms with Crippen LogP contribution in [0.2, 0.25) is 0 Å². The molecule has 0 aliphatic heterocycles. The number of para-hydroxylation sites is 1. The minimum Gasteiger partial charge on any atom is -0.437 e. The number of furan rings is 1. The summed E-state index contributed by atoms with van der Waals surface area (Å²) in [7, 11) is 0. The molecule has 3 heteroatoms. The van der Waals surface area contributed by atoms with Crippen LogP contribution in [0.4, 0.5) is 0 Å². The number of aromatic nitrogens is 2. The fraction of sp³-hybridized carbons (Fsp3) is 0.176. The van der Waals surface area contributed by atoms with Crippen LogP contribution >= 0.6 is 0 Å². The third kappa shape index (κ3) is 3.92. The van der Waals surface area contributed by atoms with Crippen molar-refractivity contribution in [3.63, 3.8) is 0 Å². The third-order valence-corrected chi connectivity index (χ3v) is 6.87. The Morgan fingerprint density at radius 2 is 1.43 bits per heavy atom. The number of aryl methyl sites for hydroxylation is 6. The van der Waals surface area contributed by atoms with E-state index in [-0.39, 0.29) is 22.5 Å². The predicted molar refractivity (Wildman–Crippen MR) is 154 cm³/mol. The van der Waals surface area contributed by atoms with E-state index in [9.17, 15) is 0 Å². The zero-order valence-corrected chi connectivity index (χ0v) is 20.7. The highest BCUT2D eigenvalue weighted by Gasteiger charge is 2.17. The standard InChI is InChI=1S/C34H30N2O/c1-19-10-12-25(20(2)14-19)29-15-22(4)30(16-21(29)3)31-17-32(35-18-23(31)5)28-9-7-8-26-27-13-11-24(6)36-34(27)37-33(26)28/h7-18H,1-6H3/i3D3,5D3,6D3. The van der Waals surface area contributed by atoms with Crippen molar-refractivity contribution < 1.29 is 16.8 Å². The highest BCUT2D eigenvalue weighted by molar-refractivity contribution is 6.08. The van der Waals surface area contributed by atoms with E-state index in [1.807, 2.05) is 51.1 Å². The predicted octanol–water partition coefficient (Wildman–Crippen LogP) is 9.23. The van der Waals surface area contributed by atoms with Crippen LogP contribution in [0.3, 0.4) is 0 Å². The molecule has 3 aromatic heterocycles. The van der Waals surface area contributed by atoms with Gasteiger partial charge in [0.05, 0.1) is 5.69 Å². The first-order valence-electron chi connectivity index (χ1n) is 16.5. The molecule has 0 radical (unpaired) electrons. The average Bonchev–Trinajstić information content (AvgIpc) is 3.33. The maximum Gasteiger partial charge on any atom is 0.227 e. The molecule has 0 bridgehead atoms. The molecule has 0 amide bonds. The number of hydrogen-bond acceptors (Lipinski definition) is 3. The van der Waals surface area contributed by atoms with Gasteiger partial charge in [-0.3, -0.25) is 4.98 Å². The van der Waals surface area contributed by atoms with Gasteiger partial charge in [-0.25, -0.2) is 4.98 Å². The molecule has 0 saturated carbocycles. The van der Waals surface area contributed by atoms with Crippen molar-refractivity contribution >= 4 is 22.1 Å². The Labute approximate surface area is 230 Å². The molecule has 3 nitrogen and oxygen atoms in total. The van der Waals surface area contributed by atoms with Crippen LogP contribution in [-0.2, 0) is 0 Å². The van der Waals surface area contributed by atoms with Gasteiger partial charge in [-0.2, -0.15) is 0 Å². The number of benzene rings is 3. The molecular weight excluding hydrogens is 452 g/mol. The van der Waals surface area contributed by atoms with E-state index >= 15 is 0 Å². The monoisotopic (exact) mass is 491 g/mol. The zero-order valence-electron chi connectivity index (χ0n) is 29.7. The Morgan fingerprint density at radius 1 is 0.649 bits per heavy atom. The second-order valence-electron chi connectivity index (χ2n) is 9.48. The Hall–Kier alpha value is -4.24. The molecule has 182 valence electrons. The minimum atomic E-state index is -2.54. The van der Waals surface area contributed by atoms with E-state index in [4.69, 9.17) is 16.8 Å². The van der Waals surface area contributed by atoms with Gasteiger partial charge in [0, 0.05) is 40.6 Å². The van der Waals surface area contributed by atoms with Crippen LogP contribution in [-0.4, -0.2) is 9.97 Å². The summed E-state index contributed by atoms with van der Waals surface area (Å²) in [4.78, 5) is 8.76. The second kappa shape index (κ2) is 8.70. The first-order chi connectivity index (χ1) is 21.4. The minimum absolute atomic E-state index is 0.0177. The molecule has 0 N–H and O–H groups in total. The lowest BCUT2D eigenvalue weighted by atomic mass is 9.88. The smallest absolute Gasteiger partial charge is 0.227 e. The summed E-state index contributed by atoms with van der Waals surface area (Å²) >= 11 is 0. The molecule has 0 unspecified atom stereocenters. The van der Waals surface area contributed by atoms with E-state index in [0.29, 0.717) is 49.9 Å². The van der Waals surface area contributed by atoms with Gasteiger partial charge in [0.25, 0.3) is 0 Å². The van der Waals surface area contributed by atoms with Crippen molar-refractivity contribution in [2.24, 2.45) is 0 Å². The maximum absolute atomic E-state index is 8.41. The highest BCUT2D eigenvalue weighted by atomic mass is 16.3. The van der Waals surface area contributed by atoms with Crippen molar-refractivity contribution in [2.75, 3.05) is 0 Å². The molecule has 0 atom stereocenters. The first kappa shape index (κ1) is 15.1. The summed E-state index contributed by atoms with van der Waals surface area (Å²) in [5, 5.41) is 1.32. The van der Waals surface area contributed by atoms with Gasteiger partial charge in [-0.1, -0.05) is 48.0 Å². The summed E-state index contributed by atoms with van der Waals surface area (Å²) in [5.74, 6) is 0. The van der Waals surface area contributed by atoms with E-state index in [1.165, 1.54) is 12.3 Å². The summed E-state index contributed by atoms with van der Waals surface area (Å²) in [6, 6.07) is 19.4. The quantitative estimate of drug-likeness (QED) is 0.248. The van der Waals surface area contributed by atoms with Crippen molar-refractivity contribution in [1.82, 2.24) is 9.97 Å². The van der Waals surface area contributed by atoms with Gasteiger partial charge >= 0.3 is 0 Å². The van der Waals surface area contributed by atoms with E-state index in [0.717, 1.165) is 16.7 Å².